The van der Waals surface area contributed by atoms with Gasteiger partial charge in [-0.05, 0) is 56.5 Å². The fourth-order valence-electron chi connectivity index (χ4n) is 1.73. The molecule has 1 N–H and O–H groups in total. The van der Waals surface area contributed by atoms with Crippen molar-refractivity contribution in [2.75, 3.05) is 18.6 Å². The summed E-state index contributed by atoms with van der Waals surface area (Å²) in [4.78, 5) is 0. The van der Waals surface area contributed by atoms with Crippen LogP contribution in [-0.4, -0.2) is 23.7 Å². The molecule has 0 unspecified atom stereocenters. The molecule has 0 saturated carbocycles. The second-order valence-corrected chi connectivity index (χ2v) is 7.64. The second-order valence-electron chi connectivity index (χ2n) is 4.94. The van der Waals surface area contributed by atoms with Crippen molar-refractivity contribution in [3.05, 3.63) is 56.5 Å². The van der Waals surface area contributed by atoms with Gasteiger partial charge in [0.25, 0.3) is 0 Å². The molecule has 0 bridgehead atoms. The number of phenolic OH excluding ortho intramolecular Hbond substituents is 1. The summed E-state index contributed by atoms with van der Waals surface area (Å²) < 4.78 is 7.73. The van der Waals surface area contributed by atoms with Crippen LogP contribution in [0.15, 0.2) is 45.3 Å². The number of aromatic hydroxyl groups is 1. The number of phenols is 1. The Bertz CT molecular complexity index is 598. The summed E-state index contributed by atoms with van der Waals surface area (Å²) >= 11 is 8.63. The van der Waals surface area contributed by atoms with Crippen LogP contribution in [0.5, 0.6) is 11.5 Å². The third kappa shape index (κ3) is 7.19. The maximum atomic E-state index is 9.07. The van der Waals surface area contributed by atoms with Crippen LogP contribution in [0.2, 0.25) is 0 Å². The summed E-state index contributed by atoms with van der Waals surface area (Å²) in [6.45, 7) is 4.73. The van der Waals surface area contributed by atoms with Gasteiger partial charge >= 0.3 is 0 Å². The SMILES string of the molecule is CSCCCOc1cccc(Br)c1C.Cc1c(O)cccc1Br. The van der Waals surface area contributed by atoms with E-state index < -0.39 is 0 Å². The average molecular weight is 462 g/mol. The van der Waals surface area contributed by atoms with Gasteiger partial charge in [0.2, 0.25) is 0 Å². The van der Waals surface area contributed by atoms with E-state index in [1.54, 1.807) is 12.1 Å². The molecular weight excluding hydrogens is 440 g/mol. The molecule has 0 aromatic heterocycles. The summed E-state index contributed by atoms with van der Waals surface area (Å²) in [7, 11) is 0. The number of hydrogen-bond donors (Lipinski definition) is 1. The molecule has 2 aromatic rings. The summed E-state index contributed by atoms with van der Waals surface area (Å²) in [5, 5.41) is 9.07. The summed E-state index contributed by atoms with van der Waals surface area (Å²) in [6.07, 6.45) is 3.22. The van der Waals surface area contributed by atoms with Gasteiger partial charge in [0.15, 0.2) is 0 Å². The first kappa shape index (κ1) is 20.4. The molecule has 0 spiro atoms. The zero-order valence-electron chi connectivity index (χ0n) is 13.6. The highest BCUT2D eigenvalue weighted by molar-refractivity contribution is 9.10. The first-order chi connectivity index (χ1) is 11.0. The van der Waals surface area contributed by atoms with Crippen molar-refractivity contribution < 1.29 is 9.84 Å². The van der Waals surface area contributed by atoms with Gasteiger partial charge in [0.1, 0.15) is 11.5 Å². The highest BCUT2D eigenvalue weighted by Crippen LogP contribution is 2.25. The van der Waals surface area contributed by atoms with E-state index in [1.807, 2.05) is 43.0 Å². The first-order valence-electron chi connectivity index (χ1n) is 7.28. The second kappa shape index (κ2) is 11.0. The lowest BCUT2D eigenvalue weighted by Gasteiger charge is -2.09. The van der Waals surface area contributed by atoms with Crippen molar-refractivity contribution >= 4 is 43.6 Å². The summed E-state index contributed by atoms with van der Waals surface area (Å²) in [5.74, 6) is 2.48. The molecule has 5 heteroatoms. The molecule has 0 radical (unpaired) electrons. The van der Waals surface area contributed by atoms with Crippen LogP contribution >= 0.6 is 43.6 Å². The Balaban J connectivity index is 0.000000253. The molecule has 0 fully saturated rings. The molecular formula is C18H22Br2O2S. The maximum Gasteiger partial charge on any atom is 0.123 e. The predicted octanol–water partition coefficient (Wildman–Crippen LogP) is 6.35. The van der Waals surface area contributed by atoms with E-state index in [1.165, 1.54) is 5.56 Å². The van der Waals surface area contributed by atoms with Crippen LogP contribution in [0.3, 0.4) is 0 Å². The van der Waals surface area contributed by atoms with Crippen LogP contribution in [-0.2, 0) is 0 Å². The quantitative estimate of drug-likeness (QED) is 0.525. The van der Waals surface area contributed by atoms with Crippen molar-refractivity contribution in [3.63, 3.8) is 0 Å². The molecule has 0 heterocycles. The van der Waals surface area contributed by atoms with Gasteiger partial charge in [-0.2, -0.15) is 11.8 Å². The van der Waals surface area contributed by atoms with Crippen LogP contribution in [0.1, 0.15) is 17.5 Å². The molecule has 0 amide bonds. The molecule has 126 valence electrons. The molecule has 0 aliphatic heterocycles. The van der Waals surface area contributed by atoms with Crippen LogP contribution in [0.4, 0.5) is 0 Å². The van der Waals surface area contributed by atoms with Gasteiger partial charge < -0.3 is 9.84 Å². The molecule has 0 saturated heterocycles. The minimum atomic E-state index is 0.337. The standard InChI is InChI=1S/C11H15BrOS.C7H7BrO/c1-9-10(12)5-3-6-11(9)13-7-4-8-14-2;1-5-6(8)3-2-4-7(5)9/h3,5-6H,4,7-8H2,1-2H3;2-4,9H,1H3. The number of rotatable bonds is 5. The molecule has 2 aromatic carbocycles. The predicted molar refractivity (Wildman–Crippen MR) is 108 cm³/mol. The lowest BCUT2D eigenvalue weighted by Crippen LogP contribution is -2.00. The van der Waals surface area contributed by atoms with Crippen molar-refractivity contribution in [1.29, 1.82) is 0 Å². The third-order valence-electron chi connectivity index (χ3n) is 3.21. The topological polar surface area (TPSA) is 29.5 Å². The van der Waals surface area contributed by atoms with Crippen LogP contribution < -0.4 is 4.74 Å². The molecule has 23 heavy (non-hydrogen) atoms. The number of benzene rings is 2. The largest absolute Gasteiger partial charge is 0.508 e. The minimum absolute atomic E-state index is 0.337. The Labute approximate surface area is 159 Å². The van der Waals surface area contributed by atoms with Gasteiger partial charge in [-0.15, -0.1) is 0 Å². The van der Waals surface area contributed by atoms with Gasteiger partial charge in [-0.3, -0.25) is 0 Å². The highest BCUT2D eigenvalue weighted by atomic mass is 79.9. The third-order valence-corrected chi connectivity index (χ3v) is 5.62. The van der Waals surface area contributed by atoms with Crippen molar-refractivity contribution in [1.82, 2.24) is 0 Å². The normalized spacial score (nSPS) is 9.96. The van der Waals surface area contributed by atoms with E-state index in [9.17, 15) is 0 Å². The fraction of sp³-hybridized carbons (Fsp3) is 0.333. The van der Waals surface area contributed by atoms with Gasteiger partial charge in [-0.25, -0.2) is 0 Å². The Morgan fingerprint density at radius 2 is 1.61 bits per heavy atom. The van der Waals surface area contributed by atoms with E-state index in [4.69, 9.17) is 9.84 Å². The Morgan fingerprint density at radius 3 is 2.17 bits per heavy atom. The Kier molecular flexibility index (Phi) is 9.75. The molecule has 0 aliphatic rings. The lowest BCUT2D eigenvalue weighted by molar-refractivity contribution is 0.316. The van der Waals surface area contributed by atoms with E-state index >= 15 is 0 Å². The van der Waals surface area contributed by atoms with Crippen molar-refractivity contribution in [2.45, 2.75) is 20.3 Å². The monoisotopic (exact) mass is 460 g/mol. The fourth-order valence-corrected chi connectivity index (χ4v) is 2.84. The van der Waals surface area contributed by atoms with Gasteiger partial charge in [0.05, 0.1) is 6.61 Å². The highest BCUT2D eigenvalue weighted by Gasteiger charge is 2.01. The summed E-state index contributed by atoms with van der Waals surface area (Å²) in [6, 6.07) is 11.4. The minimum Gasteiger partial charge on any atom is -0.508 e. The first-order valence-corrected chi connectivity index (χ1v) is 10.3. The smallest absolute Gasteiger partial charge is 0.123 e. The van der Waals surface area contributed by atoms with E-state index in [-0.39, 0.29) is 0 Å². The number of hydrogen-bond acceptors (Lipinski definition) is 3. The van der Waals surface area contributed by atoms with E-state index in [0.29, 0.717) is 5.75 Å². The molecule has 0 aliphatic carbocycles. The van der Waals surface area contributed by atoms with E-state index in [0.717, 1.165) is 39.0 Å². The molecule has 2 nitrogen and oxygen atoms in total. The van der Waals surface area contributed by atoms with E-state index in [2.05, 4.69) is 45.0 Å². The number of halogens is 2. The number of ether oxygens (including phenoxy) is 1. The Hall–Kier alpha value is -0.650. The lowest BCUT2D eigenvalue weighted by atomic mass is 10.2. The molecule has 0 atom stereocenters. The summed E-state index contributed by atoms with van der Waals surface area (Å²) in [5.41, 5.74) is 2.06. The maximum absolute atomic E-state index is 9.07. The van der Waals surface area contributed by atoms with Gasteiger partial charge in [0, 0.05) is 20.1 Å². The van der Waals surface area contributed by atoms with Crippen molar-refractivity contribution in [2.24, 2.45) is 0 Å². The molecule has 2 rings (SSSR count). The zero-order chi connectivity index (χ0) is 17.2. The van der Waals surface area contributed by atoms with Crippen molar-refractivity contribution in [3.8, 4) is 11.5 Å². The van der Waals surface area contributed by atoms with Gasteiger partial charge in [-0.1, -0.05) is 44.0 Å². The average Bonchev–Trinajstić information content (AvgIpc) is 2.53. The van der Waals surface area contributed by atoms with Crippen LogP contribution in [0, 0.1) is 13.8 Å². The van der Waals surface area contributed by atoms with Crippen LogP contribution in [0.25, 0.3) is 0 Å². The number of thioether (sulfide) groups is 1. The Morgan fingerprint density at radius 1 is 1.00 bits per heavy atom. The zero-order valence-corrected chi connectivity index (χ0v) is 17.6.